The molecule has 0 saturated heterocycles. The van der Waals surface area contributed by atoms with E-state index in [2.05, 4.69) is 0 Å². The van der Waals surface area contributed by atoms with Crippen LogP contribution in [0, 0.1) is 0 Å². The van der Waals surface area contributed by atoms with Gasteiger partial charge in [0.15, 0.2) is 0 Å². The number of hydrogen-bond acceptors (Lipinski definition) is 2. The fraction of sp³-hybridized carbons (Fsp3) is 1.00. The molecule has 0 aromatic carbocycles. The maximum atomic E-state index is 9.04. The summed E-state index contributed by atoms with van der Waals surface area (Å²) in [5, 5.41) is 10.4. The second kappa shape index (κ2) is 7.03. The summed E-state index contributed by atoms with van der Waals surface area (Å²) >= 11 is 0. The Bertz CT molecular complexity index is 54.3. The molecular weight excluding hydrogens is 126 g/mol. The quantitative estimate of drug-likeness (QED) is 0.607. The van der Waals surface area contributed by atoms with E-state index in [0.29, 0.717) is 0 Å². The van der Waals surface area contributed by atoms with Crippen LogP contribution in [0.3, 0.4) is 0 Å². The van der Waals surface area contributed by atoms with Crippen molar-refractivity contribution in [2.24, 2.45) is 0 Å². The van der Waals surface area contributed by atoms with Crippen LogP contribution in [0.25, 0.3) is 0 Å². The molecule has 1 N–H and O–H groups in total. The average Bonchev–Trinajstić information content (AvgIpc) is 1.90. The maximum absolute atomic E-state index is 9.04. The van der Waals surface area contributed by atoms with Crippen molar-refractivity contribution in [1.29, 1.82) is 0 Å². The summed E-state index contributed by atoms with van der Waals surface area (Å²) in [7, 11) is 0. The van der Waals surface area contributed by atoms with Gasteiger partial charge in [0, 0.05) is 12.1 Å². The van der Waals surface area contributed by atoms with E-state index in [1.165, 1.54) is 5.06 Å². The molecule has 10 heavy (non-hydrogen) atoms. The van der Waals surface area contributed by atoms with Crippen molar-refractivity contribution in [2.75, 3.05) is 0 Å². The fourth-order valence-corrected chi connectivity index (χ4v) is 0.596. The van der Waals surface area contributed by atoms with Gasteiger partial charge in [-0.1, -0.05) is 13.8 Å². The first-order valence-corrected chi connectivity index (χ1v) is 4.03. The van der Waals surface area contributed by atoms with Crippen molar-refractivity contribution in [3.63, 3.8) is 0 Å². The van der Waals surface area contributed by atoms with Crippen molar-refractivity contribution < 1.29 is 5.21 Å². The van der Waals surface area contributed by atoms with Gasteiger partial charge in [-0.05, 0) is 27.7 Å². The van der Waals surface area contributed by atoms with Gasteiger partial charge in [-0.25, -0.2) is 0 Å². The van der Waals surface area contributed by atoms with Crippen LogP contribution < -0.4 is 0 Å². The zero-order valence-corrected chi connectivity index (χ0v) is 8.05. The minimum Gasteiger partial charge on any atom is -0.313 e. The number of rotatable bonds is 2. The van der Waals surface area contributed by atoms with Crippen molar-refractivity contribution in [2.45, 2.75) is 53.6 Å². The summed E-state index contributed by atoms with van der Waals surface area (Å²) in [6.07, 6.45) is 0. The van der Waals surface area contributed by atoms with Crippen molar-refractivity contribution in [3.8, 4) is 0 Å². The van der Waals surface area contributed by atoms with Gasteiger partial charge in [0.05, 0.1) is 0 Å². The van der Waals surface area contributed by atoms with Crippen molar-refractivity contribution in [3.05, 3.63) is 0 Å². The summed E-state index contributed by atoms with van der Waals surface area (Å²) in [5.74, 6) is 0. The first-order chi connectivity index (χ1) is 4.55. The Morgan fingerprint density at radius 1 is 0.900 bits per heavy atom. The monoisotopic (exact) mass is 147 g/mol. The number of nitrogens with zero attached hydrogens (tertiary/aromatic N) is 1. The molecule has 2 heteroatoms. The van der Waals surface area contributed by atoms with Gasteiger partial charge >= 0.3 is 0 Å². The third kappa shape index (κ3) is 6.05. The molecule has 0 aromatic rings. The molecule has 0 heterocycles. The third-order valence-electron chi connectivity index (χ3n) is 1.06. The minimum atomic E-state index is 0.231. The molecule has 0 aromatic heterocycles. The Kier molecular flexibility index (Phi) is 8.85. The Labute approximate surface area is 64.8 Å². The summed E-state index contributed by atoms with van der Waals surface area (Å²) < 4.78 is 0. The zero-order valence-electron chi connectivity index (χ0n) is 8.05. The Morgan fingerprint density at radius 3 is 1.10 bits per heavy atom. The highest BCUT2D eigenvalue weighted by Crippen LogP contribution is 1.98. The van der Waals surface area contributed by atoms with E-state index in [9.17, 15) is 0 Å². The van der Waals surface area contributed by atoms with Crippen LogP contribution in [0.1, 0.15) is 41.5 Å². The first kappa shape index (κ1) is 12.6. The lowest BCUT2D eigenvalue weighted by atomic mass is 10.3. The molecule has 0 bridgehead atoms. The number of hydroxylamine groups is 2. The van der Waals surface area contributed by atoms with E-state index in [-0.39, 0.29) is 12.1 Å². The maximum Gasteiger partial charge on any atom is 0.0296 e. The van der Waals surface area contributed by atoms with E-state index in [1.807, 2.05) is 41.5 Å². The SMILES string of the molecule is CC.CC(C)N(O)C(C)C. The summed E-state index contributed by atoms with van der Waals surface area (Å²) in [5.41, 5.74) is 0. The van der Waals surface area contributed by atoms with Gasteiger partial charge in [0.2, 0.25) is 0 Å². The van der Waals surface area contributed by atoms with Gasteiger partial charge in [0.1, 0.15) is 0 Å². The number of hydrogen-bond donors (Lipinski definition) is 1. The molecule has 0 rings (SSSR count). The molecule has 0 aliphatic rings. The van der Waals surface area contributed by atoms with Crippen LogP contribution >= 0.6 is 0 Å². The lowest BCUT2D eigenvalue weighted by Crippen LogP contribution is -2.33. The fourth-order valence-electron chi connectivity index (χ4n) is 0.596. The van der Waals surface area contributed by atoms with Gasteiger partial charge in [-0.15, -0.1) is 0 Å². The molecule has 64 valence electrons. The largest absolute Gasteiger partial charge is 0.313 e. The van der Waals surface area contributed by atoms with Crippen LogP contribution in [0.4, 0.5) is 0 Å². The molecule has 0 radical (unpaired) electrons. The topological polar surface area (TPSA) is 23.5 Å². The smallest absolute Gasteiger partial charge is 0.0296 e. The van der Waals surface area contributed by atoms with Crippen LogP contribution in [0.5, 0.6) is 0 Å². The van der Waals surface area contributed by atoms with Crippen molar-refractivity contribution >= 4 is 0 Å². The summed E-state index contributed by atoms with van der Waals surface area (Å²) in [4.78, 5) is 0. The zero-order chi connectivity index (χ0) is 8.73. The average molecular weight is 147 g/mol. The summed E-state index contributed by atoms with van der Waals surface area (Å²) in [6.45, 7) is 11.8. The Balaban J connectivity index is 0. The lowest BCUT2D eigenvalue weighted by molar-refractivity contribution is -0.141. The molecule has 0 spiro atoms. The van der Waals surface area contributed by atoms with Crippen molar-refractivity contribution in [1.82, 2.24) is 5.06 Å². The van der Waals surface area contributed by atoms with Gasteiger partial charge in [-0.3, -0.25) is 0 Å². The molecule has 0 saturated carbocycles. The van der Waals surface area contributed by atoms with Crippen LogP contribution in [-0.2, 0) is 0 Å². The molecule has 0 fully saturated rings. The molecule has 0 atom stereocenters. The Morgan fingerprint density at radius 2 is 1.10 bits per heavy atom. The molecular formula is C8H21NO. The highest BCUT2D eigenvalue weighted by molar-refractivity contribution is 4.54. The van der Waals surface area contributed by atoms with Gasteiger partial charge < -0.3 is 5.21 Å². The van der Waals surface area contributed by atoms with Gasteiger partial charge in [-0.2, -0.15) is 5.06 Å². The van der Waals surface area contributed by atoms with Crippen LogP contribution in [-0.4, -0.2) is 22.4 Å². The third-order valence-corrected chi connectivity index (χ3v) is 1.06. The molecule has 0 aliphatic heterocycles. The highest BCUT2D eigenvalue weighted by atomic mass is 16.5. The second-order valence-corrected chi connectivity index (χ2v) is 2.57. The standard InChI is InChI=1S/C6H15NO.C2H6/c1-5(2)7(8)6(3)4;1-2/h5-6,8H,1-4H3;1-2H3. The normalized spacial score (nSPS) is 10.2. The molecule has 0 amide bonds. The predicted molar refractivity (Wildman–Crippen MR) is 45.2 cm³/mol. The van der Waals surface area contributed by atoms with E-state index >= 15 is 0 Å². The van der Waals surface area contributed by atoms with Crippen LogP contribution in [0.15, 0.2) is 0 Å². The van der Waals surface area contributed by atoms with E-state index in [0.717, 1.165) is 0 Å². The van der Waals surface area contributed by atoms with Gasteiger partial charge in [0.25, 0.3) is 0 Å². The lowest BCUT2D eigenvalue weighted by Gasteiger charge is -2.22. The summed E-state index contributed by atoms with van der Waals surface area (Å²) in [6, 6.07) is 0.463. The minimum absolute atomic E-state index is 0.231. The highest BCUT2D eigenvalue weighted by Gasteiger charge is 2.07. The predicted octanol–water partition coefficient (Wildman–Crippen LogP) is 2.52. The second-order valence-electron chi connectivity index (χ2n) is 2.57. The van der Waals surface area contributed by atoms with E-state index in [4.69, 9.17) is 5.21 Å². The van der Waals surface area contributed by atoms with E-state index in [1.54, 1.807) is 0 Å². The first-order valence-electron chi connectivity index (χ1n) is 4.03. The molecule has 0 aliphatic carbocycles. The Hall–Kier alpha value is -0.0800. The molecule has 2 nitrogen and oxygen atoms in total. The van der Waals surface area contributed by atoms with Crippen LogP contribution in [0.2, 0.25) is 0 Å². The molecule has 0 unspecified atom stereocenters. The van der Waals surface area contributed by atoms with E-state index < -0.39 is 0 Å².